The second-order valence-corrected chi connectivity index (χ2v) is 8.17. The van der Waals surface area contributed by atoms with Crippen molar-refractivity contribution in [3.63, 3.8) is 0 Å². The Labute approximate surface area is 181 Å². The third-order valence-electron chi connectivity index (χ3n) is 4.75. The number of hydrogen-bond donors (Lipinski definition) is 1. The first-order valence-electron chi connectivity index (χ1n) is 9.92. The number of nitrogens with zero attached hydrogens (tertiary/aromatic N) is 2. The van der Waals surface area contributed by atoms with Crippen LogP contribution < -0.4 is 5.32 Å². The highest BCUT2D eigenvalue weighted by Gasteiger charge is 2.19. The number of benzene rings is 2. The molecule has 0 aliphatic heterocycles. The topological polar surface area (TPSA) is 52.6 Å². The molecule has 1 heterocycles. The molecule has 0 bridgehead atoms. The molecule has 6 heteroatoms. The first kappa shape index (κ1) is 21.7. The minimum absolute atomic E-state index is 0.101. The lowest BCUT2D eigenvalue weighted by molar-refractivity contribution is 0.0753. The summed E-state index contributed by atoms with van der Waals surface area (Å²) in [5, 5.41) is 6.52. The fourth-order valence-corrected chi connectivity index (χ4v) is 3.84. The van der Waals surface area contributed by atoms with Crippen LogP contribution in [0.4, 0.5) is 5.69 Å². The van der Waals surface area contributed by atoms with Gasteiger partial charge in [-0.05, 0) is 55.7 Å². The summed E-state index contributed by atoms with van der Waals surface area (Å²) in [5.41, 5.74) is 3.92. The third-order valence-corrected chi connectivity index (χ3v) is 5.44. The number of rotatable bonds is 8. The SMILES string of the molecule is CCN(Cc1ccc(CN(C)C)cc1)C(=O)c1ccccc1NC(=O)c1ccsc1. The molecule has 0 saturated heterocycles. The van der Waals surface area contributed by atoms with Crippen LogP contribution in [0.15, 0.2) is 65.4 Å². The molecule has 3 rings (SSSR count). The minimum atomic E-state index is -0.212. The van der Waals surface area contributed by atoms with Gasteiger partial charge in [0.05, 0.1) is 16.8 Å². The molecule has 0 radical (unpaired) electrons. The van der Waals surface area contributed by atoms with E-state index in [0.717, 1.165) is 12.1 Å². The second kappa shape index (κ2) is 10.2. The van der Waals surface area contributed by atoms with Crippen LogP contribution in [-0.4, -0.2) is 42.3 Å². The zero-order chi connectivity index (χ0) is 21.5. The molecular weight excluding hydrogens is 394 g/mol. The van der Waals surface area contributed by atoms with Gasteiger partial charge in [-0.1, -0.05) is 36.4 Å². The summed E-state index contributed by atoms with van der Waals surface area (Å²) in [6.45, 7) is 3.94. The number of hydrogen-bond acceptors (Lipinski definition) is 4. The number of para-hydroxylation sites is 1. The Morgan fingerprint density at radius 2 is 1.60 bits per heavy atom. The highest BCUT2D eigenvalue weighted by atomic mass is 32.1. The van der Waals surface area contributed by atoms with Crippen molar-refractivity contribution in [3.05, 3.63) is 87.6 Å². The van der Waals surface area contributed by atoms with Gasteiger partial charge in [0, 0.05) is 25.0 Å². The lowest BCUT2D eigenvalue weighted by atomic mass is 10.1. The van der Waals surface area contributed by atoms with E-state index in [9.17, 15) is 9.59 Å². The van der Waals surface area contributed by atoms with Crippen LogP contribution in [0, 0.1) is 0 Å². The molecule has 0 saturated carbocycles. The number of thiophene rings is 1. The minimum Gasteiger partial charge on any atom is -0.335 e. The van der Waals surface area contributed by atoms with E-state index in [1.54, 1.807) is 28.5 Å². The van der Waals surface area contributed by atoms with Crippen LogP contribution in [0.25, 0.3) is 0 Å². The number of carbonyl (C=O) groups is 2. The molecule has 0 unspecified atom stereocenters. The van der Waals surface area contributed by atoms with E-state index in [0.29, 0.717) is 29.9 Å². The molecule has 156 valence electrons. The molecule has 1 aromatic heterocycles. The monoisotopic (exact) mass is 421 g/mol. The fraction of sp³-hybridized carbons (Fsp3) is 0.250. The van der Waals surface area contributed by atoms with Gasteiger partial charge in [-0.2, -0.15) is 11.3 Å². The molecule has 1 N–H and O–H groups in total. The Bertz CT molecular complexity index is 982. The van der Waals surface area contributed by atoms with Gasteiger partial charge in [-0.3, -0.25) is 9.59 Å². The van der Waals surface area contributed by atoms with E-state index >= 15 is 0 Å². The summed E-state index contributed by atoms with van der Waals surface area (Å²) in [6, 6.07) is 17.3. The predicted molar refractivity (Wildman–Crippen MR) is 123 cm³/mol. The molecule has 0 spiro atoms. The smallest absolute Gasteiger partial charge is 0.256 e. The average Bonchev–Trinajstić information content (AvgIpc) is 3.28. The highest BCUT2D eigenvalue weighted by Crippen LogP contribution is 2.20. The molecule has 0 fully saturated rings. The van der Waals surface area contributed by atoms with E-state index in [2.05, 4.69) is 34.5 Å². The standard InChI is InChI=1S/C24H27N3O2S/c1-4-27(16-19-11-9-18(10-12-19)15-26(2)3)24(29)21-7-5-6-8-22(21)25-23(28)20-13-14-30-17-20/h5-14,17H,4,15-16H2,1-3H3,(H,25,28). The molecule has 2 aromatic carbocycles. The summed E-state index contributed by atoms with van der Waals surface area (Å²) < 4.78 is 0. The van der Waals surface area contributed by atoms with E-state index in [1.165, 1.54) is 16.9 Å². The first-order valence-corrected chi connectivity index (χ1v) is 10.9. The van der Waals surface area contributed by atoms with Crippen molar-refractivity contribution in [1.29, 1.82) is 0 Å². The number of carbonyl (C=O) groups excluding carboxylic acids is 2. The first-order chi connectivity index (χ1) is 14.5. The average molecular weight is 422 g/mol. The van der Waals surface area contributed by atoms with Gasteiger partial charge in [0.15, 0.2) is 0 Å². The van der Waals surface area contributed by atoms with E-state index in [1.807, 2.05) is 38.5 Å². The Hall–Kier alpha value is -2.96. The largest absolute Gasteiger partial charge is 0.335 e. The van der Waals surface area contributed by atoms with E-state index < -0.39 is 0 Å². The van der Waals surface area contributed by atoms with Crippen molar-refractivity contribution in [2.75, 3.05) is 26.0 Å². The van der Waals surface area contributed by atoms with Crippen molar-refractivity contribution >= 4 is 28.8 Å². The predicted octanol–water partition coefficient (Wildman–Crippen LogP) is 4.72. The summed E-state index contributed by atoms with van der Waals surface area (Å²) in [5.74, 6) is -0.313. The zero-order valence-corrected chi connectivity index (χ0v) is 18.4. The van der Waals surface area contributed by atoms with Crippen LogP contribution in [0.5, 0.6) is 0 Å². The normalized spacial score (nSPS) is 10.8. The second-order valence-electron chi connectivity index (χ2n) is 7.39. The maximum absolute atomic E-state index is 13.3. The van der Waals surface area contributed by atoms with Crippen molar-refractivity contribution < 1.29 is 9.59 Å². The van der Waals surface area contributed by atoms with Gasteiger partial charge in [0.25, 0.3) is 11.8 Å². The van der Waals surface area contributed by atoms with Crippen molar-refractivity contribution in [2.45, 2.75) is 20.0 Å². The van der Waals surface area contributed by atoms with E-state index in [4.69, 9.17) is 0 Å². The van der Waals surface area contributed by atoms with Gasteiger partial charge < -0.3 is 15.1 Å². The quantitative estimate of drug-likeness (QED) is 0.572. The molecular formula is C24H27N3O2S. The van der Waals surface area contributed by atoms with Crippen LogP contribution in [-0.2, 0) is 13.1 Å². The summed E-state index contributed by atoms with van der Waals surface area (Å²) in [4.78, 5) is 29.6. The Morgan fingerprint density at radius 3 is 2.20 bits per heavy atom. The highest BCUT2D eigenvalue weighted by molar-refractivity contribution is 7.08. The number of nitrogens with one attached hydrogen (secondary N) is 1. The maximum atomic E-state index is 13.3. The van der Waals surface area contributed by atoms with E-state index in [-0.39, 0.29) is 11.8 Å². The van der Waals surface area contributed by atoms with Crippen LogP contribution in [0.2, 0.25) is 0 Å². The number of amides is 2. The van der Waals surface area contributed by atoms with Crippen LogP contribution >= 0.6 is 11.3 Å². The fourth-order valence-electron chi connectivity index (χ4n) is 3.20. The van der Waals surface area contributed by atoms with Gasteiger partial charge in [0.1, 0.15) is 0 Å². The van der Waals surface area contributed by atoms with Crippen LogP contribution in [0.1, 0.15) is 38.8 Å². The Morgan fingerprint density at radius 1 is 0.933 bits per heavy atom. The van der Waals surface area contributed by atoms with Gasteiger partial charge in [0.2, 0.25) is 0 Å². The van der Waals surface area contributed by atoms with Crippen molar-refractivity contribution in [2.24, 2.45) is 0 Å². The molecule has 5 nitrogen and oxygen atoms in total. The molecule has 30 heavy (non-hydrogen) atoms. The molecule has 3 aromatic rings. The molecule has 2 amide bonds. The zero-order valence-electron chi connectivity index (χ0n) is 17.6. The number of anilines is 1. The lowest BCUT2D eigenvalue weighted by Gasteiger charge is -2.23. The molecule has 0 atom stereocenters. The van der Waals surface area contributed by atoms with Gasteiger partial charge in [-0.15, -0.1) is 0 Å². The Balaban J connectivity index is 1.75. The third kappa shape index (κ3) is 5.55. The van der Waals surface area contributed by atoms with Gasteiger partial charge >= 0.3 is 0 Å². The maximum Gasteiger partial charge on any atom is 0.256 e. The molecule has 0 aliphatic carbocycles. The Kier molecular flexibility index (Phi) is 7.38. The summed E-state index contributed by atoms with van der Waals surface area (Å²) >= 11 is 1.46. The molecule has 0 aliphatic rings. The lowest BCUT2D eigenvalue weighted by Crippen LogP contribution is -2.31. The van der Waals surface area contributed by atoms with Crippen LogP contribution in [0.3, 0.4) is 0 Å². The summed E-state index contributed by atoms with van der Waals surface area (Å²) in [7, 11) is 4.08. The van der Waals surface area contributed by atoms with Gasteiger partial charge in [-0.25, -0.2) is 0 Å². The van der Waals surface area contributed by atoms with Crippen molar-refractivity contribution in [1.82, 2.24) is 9.80 Å². The van der Waals surface area contributed by atoms with Crippen molar-refractivity contribution in [3.8, 4) is 0 Å². The summed E-state index contributed by atoms with van der Waals surface area (Å²) in [6.07, 6.45) is 0.